The minimum atomic E-state index is -1.09. The summed E-state index contributed by atoms with van der Waals surface area (Å²) in [4.78, 5) is 104. The van der Waals surface area contributed by atoms with Crippen molar-refractivity contribution in [3.63, 3.8) is 0 Å². The van der Waals surface area contributed by atoms with Crippen molar-refractivity contribution in [2.45, 2.75) is 64.5 Å². The van der Waals surface area contributed by atoms with E-state index in [-0.39, 0.29) is 38.5 Å². The number of carbonyl (C=O) groups excluding carboxylic acids is 8. The highest BCUT2D eigenvalue weighted by Gasteiger charge is 2.36. The van der Waals surface area contributed by atoms with Crippen molar-refractivity contribution in [2.24, 2.45) is 0 Å². The van der Waals surface area contributed by atoms with Crippen LogP contribution < -0.4 is 10.6 Å². The lowest BCUT2D eigenvalue weighted by Gasteiger charge is -2.20. The van der Waals surface area contributed by atoms with Crippen LogP contribution in [0.3, 0.4) is 0 Å². The van der Waals surface area contributed by atoms with Crippen molar-refractivity contribution in [3.8, 4) is 0 Å². The van der Waals surface area contributed by atoms with Gasteiger partial charge in [0.15, 0.2) is 0 Å². The Morgan fingerprint density at radius 1 is 0.694 bits per heavy atom. The quantitative estimate of drug-likeness (QED) is 0.170. The highest BCUT2D eigenvalue weighted by Crippen LogP contribution is 2.25. The van der Waals surface area contributed by atoms with Crippen molar-refractivity contribution in [1.29, 1.82) is 0 Å². The van der Waals surface area contributed by atoms with Gasteiger partial charge in [0.25, 0.3) is 23.6 Å². The second-order valence-electron chi connectivity index (χ2n) is 7.71. The molecule has 0 aromatic rings. The van der Waals surface area contributed by atoms with Gasteiger partial charge in [-0.15, -0.1) is 10.1 Å². The molecule has 2 atom stereocenters. The number of hydrogen-bond donors (Lipinski definition) is 2. The normalized spacial score (nSPS) is 17.2. The van der Waals surface area contributed by atoms with Crippen molar-refractivity contribution < 1.29 is 48.0 Å². The van der Waals surface area contributed by atoms with E-state index in [1.165, 1.54) is 35.4 Å². The van der Waals surface area contributed by atoms with Crippen LogP contribution in [0.15, 0.2) is 0 Å². The molecule has 0 saturated carbocycles. The smallest absolute Gasteiger partial charge is 0.343 e. The molecule has 0 aliphatic carbocycles. The fourth-order valence-electron chi connectivity index (χ4n) is 3.06. The summed E-state index contributed by atoms with van der Waals surface area (Å²) in [5.41, 5.74) is 0. The highest BCUT2D eigenvalue weighted by molar-refractivity contribution is 8.76. The highest BCUT2D eigenvalue weighted by atomic mass is 33.1. The molecule has 2 heterocycles. The topological polar surface area (TPSA) is 186 Å². The number of hydroxylamine groups is 4. The van der Waals surface area contributed by atoms with Gasteiger partial charge >= 0.3 is 11.9 Å². The van der Waals surface area contributed by atoms with Gasteiger partial charge in [0.1, 0.15) is 12.1 Å². The number of carbonyl (C=O) groups is 8. The van der Waals surface area contributed by atoms with Gasteiger partial charge in [-0.25, -0.2) is 9.59 Å². The van der Waals surface area contributed by atoms with Gasteiger partial charge in [-0.2, -0.15) is 0 Å². The maximum atomic E-state index is 12.4. The lowest BCUT2D eigenvalue weighted by molar-refractivity contribution is -0.199. The standard InChI is InChI=1S/C20H26N4O10S2/c1-11(25)21-13(19(31)33-23-15(27)3-4-16(23)28)7-9-35-36-10-8-14(22-12(2)26)20(32)34-24-17(29)5-6-18(24)30/h13-14H,3-10H2,1-2H3,(H,21,25)(H,22,26)/t13-,14?/m0/s1. The summed E-state index contributed by atoms with van der Waals surface area (Å²) in [6.45, 7) is 2.41. The molecule has 2 aliphatic heterocycles. The Morgan fingerprint density at radius 2 is 1.00 bits per heavy atom. The molecular weight excluding hydrogens is 520 g/mol. The zero-order chi connectivity index (χ0) is 26.8. The van der Waals surface area contributed by atoms with Crippen molar-refractivity contribution in [3.05, 3.63) is 0 Å². The summed E-state index contributed by atoms with van der Waals surface area (Å²) >= 11 is 0. The largest absolute Gasteiger partial charge is 0.355 e. The van der Waals surface area contributed by atoms with Crippen LogP contribution in [0.25, 0.3) is 0 Å². The molecule has 0 aromatic heterocycles. The monoisotopic (exact) mass is 546 g/mol. The molecule has 1 unspecified atom stereocenters. The van der Waals surface area contributed by atoms with E-state index < -0.39 is 59.5 Å². The average molecular weight is 547 g/mol. The lowest BCUT2D eigenvalue weighted by Crippen LogP contribution is -2.45. The van der Waals surface area contributed by atoms with Crippen LogP contribution in [0, 0.1) is 0 Å². The molecule has 198 valence electrons. The average Bonchev–Trinajstić information content (AvgIpc) is 3.29. The van der Waals surface area contributed by atoms with E-state index in [2.05, 4.69) is 10.6 Å². The van der Waals surface area contributed by atoms with Gasteiger partial charge in [0.2, 0.25) is 11.8 Å². The fraction of sp³-hybridized carbons (Fsp3) is 0.600. The maximum Gasteiger partial charge on any atom is 0.355 e. The Balaban J connectivity index is 1.79. The zero-order valence-corrected chi connectivity index (χ0v) is 21.2. The SMILES string of the molecule is CC(=O)NC(CCSSCC[C@H](NC(C)=O)C(=O)ON1C(=O)CCC1=O)C(=O)ON1C(=O)CCC1=O. The first kappa shape index (κ1) is 29.1. The number of nitrogens with zero attached hydrogens (tertiary/aromatic N) is 2. The first-order chi connectivity index (χ1) is 17.0. The van der Waals surface area contributed by atoms with Gasteiger partial charge in [0, 0.05) is 51.0 Å². The fourth-order valence-corrected chi connectivity index (χ4v) is 5.25. The summed E-state index contributed by atoms with van der Waals surface area (Å²) in [6, 6.07) is -2.18. The van der Waals surface area contributed by atoms with Crippen molar-refractivity contribution >= 4 is 69.0 Å². The third-order valence-corrected chi connectivity index (χ3v) is 7.23. The zero-order valence-electron chi connectivity index (χ0n) is 19.6. The van der Waals surface area contributed by atoms with Crippen LogP contribution in [0.1, 0.15) is 52.4 Å². The molecule has 2 aliphatic rings. The van der Waals surface area contributed by atoms with Gasteiger partial charge in [-0.3, -0.25) is 28.8 Å². The molecule has 0 bridgehead atoms. The number of hydrogen-bond acceptors (Lipinski definition) is 12. The van der Waals surface area contributed by atoms with Gasteiger partial charge in [-0.05, 0) is 12.8 Å². The molecule has 2 N–H and O–H groups in total. The van der Waals surface area contributed by atoms with Gasteiger partial charge in [0.05, 0.1) is 0 Å². The number of imide groups is 2. The molecule has 14 nitrogen and oxygen atoms in total. The molecule has 0 aromatic carbocycles. The van der Waals surface area contributed by atoms with Crippen LogP contribution in [0.4, 0.5) is 0 Å². The van der Waals surface area contributed by atoms with E-state index >= 15 is 0 Å². The van der Waals surface area contributed by atoms with Crippen LogP contribution in [0.2, 0.25) is 0 Å². The molecule has 6 amide bonds. The third-order valence-electron chi connectivity index (χ3n) is 4.76. The molecule has 2 rings (SSSR count). The Morgan fingerprint density at radius 3 is 1.28 bits per heavy atom. The number of amides is 6. The summed E-state index contributed by atoms with van der Waals surface area (Å²) in [6.07, 6.45) is 0.0373. The molecule has 2 fully saturated rings. The number of nitrogens with one attached hydrogen (secondary N) is 2. The second kappa shape index (κ2) is 13.8. The first-order valence-electron chi connectivity index (χ1n) is 10.9. The molecule has 0 spiro atoms. The molecule has 2 saturated heterocycles. The third kappa shape index (κ3) is 8.82. The van der Waals surface area contributed by atoms with Crippen LogP contribution in [0.5, 0.6) is 0 Å². The van der Waals surface area contributed by atoms with Crippen LogP contribution in [-0.2, 0) is 48.0 Å². The van der Waals surface area contributed by atoms with E-state index in [1.807, 2.05) is 0 Å². The Hall–Kier alpha value is -3.14. The maximum absolute atomic E-state index is 12.4. The summed E-state index contributed by atoms with van der Waals surface area (Å²) in [7, 11) is 2.61. The van der Waals surface area contributed by atoms with E-state index in [0.29, 0.717) is 21.6 Å². The minimum absolute atomic E-state index is 0.0545. The Bertz CT molecular complexity index is 837. The molecule has 0 radical (unpaired) electrons. The summed E-state index contributed by atoms with van der Waals surface area (Å²) < 4.78 is 0. The van der Waals surface area contributed by atoms with E-state index in [9.17, 15) is 38.4 Å². The van der Waals surface area contributed by atoms with Crippen molar-refractivity contribution in [1.82, 2.24) is 20.8 Å². The van der Waals surface area contributed by atoms with Gasteiger partial charge in [-0.1, -0.05) is 21.6 Å². The predicted molar refractivity (Wildman–Crippen MR) is 124 cm³/mol. The van der Waals surface area contributed by atoms with Gasteiger partial charge < -0.3 is 20.3 Å². The van der Waals surface area contributed by atoms with E-state index in [4.69, 9.17) is 9.68 Å². The summed E-state index contributed by atoms with van der Waals surface area (Å²) in [5.74, 6) is -4.73. The Labute approximate surface area is 213 Å². The molecular formula is C20H26N4O10S2. The minimum Gasteiger partial charge on any atom is -0.343 e. The molecule has 16 heteroatoms. The second-order valence-corrected chi connectivity index (χ2v) is 10.4. The Kier molecular flexibility index (Phi) is 11.2. The first-order valence-corrected chi connectivity index (χ1v) is 13.4. The number of rotatable bonds is 13. The van der Waals surface area contributed by atoms with Crippen LogP contribution in [-0.4, -0.2) is 81.1 Å². The van der Waals surface area contributed by atoms with Crippen LogP contribution >= 0.6 is 21.6 Å². The molecule has 36 heavy (non-hydrogen) atoms. The lowest BCUT2D eigenvalue weighted by atomic mass is 10.2. The van der Waals surface area contributed by atoms with E-state index in [0.717, 1.165) is 0 Å². The summed E-state index contributed by atoms with van der Waals surface area (Å²) in [5, 5.41) is 5.65. The predicted octanol–water partition coefficient (Wildman–Crippen LogP) is -0.628. The van der Waals surface area contributed by atoms with E-state index in [1.54, 1.807) is 0 Å². The van der Waals surface area contributed by atoms with Crippen molar-refractivity contribution in [2.75, 3.05) is 11.5 Å².